The molecular formula is C33H30NO5PS2. The second-order valence-corrected chi connectivity index (χ2v) is 16.7. The van der Waals surface area contributed by atoms with Crippen molar-refractivity contribution in [1.82, 2.24) is 3.71 Å². The molecule has 0 spiro atoms. The van der Waals surface area contributed by atoms with Gasteiger partial charge in [0, 0.05) is 15.9 Å². The van der Waals surface area contributed by atoms with Crippen LogP contribution in [0.5, 0.6) is 0 Å². The minimum absolute atomic E-state index is 0.157. The van der Waals surface area contributed by atoms with Crippen LogP contribution >= 0.6 is 7.14 Å². The summed E-state index contributed by atoms with van der Waals surface area (Å²) >= 11 is 0. The number of aryl methyl sites for hydroxylation is 2. The van der Waals surface area contributed by atoms with E-state index in [1.54, 1.807) is 97.1 Å². The van der Waals surface area contributed by atoms with Crippen molar-refractivity contribution in [2.75, 3.05) is 0 Å². The van der Waals surface area contributed by atoms with Gasteiger partial charge in [-0.3, -0.25) is 0 Å². The maximum Gasteiger partial charge on any atom is 0.256 e. The summed E-state index contributed by atoms with van der Waals surface area (Å²) in [5, 5.41) is 1.47. The van der Waals surface area contributed by atoms with Gasteiger partial charge in [0.25, 0.3) is 20.0 Å². The normalized spacial score (nSPS) is 12.4. The lowest BCUT2D eigenvalue weighted by Crippen LogP contribution is -2.38. The third-order valence-electron chi connectivity index (χ3n) is 7.04. The van der Waals surface area contributed by atoms with Gasteiger partial charge in [-0.25, -0.2) is 16.8 Å². The van der Waals surface area contributed by atoms with Gasteiger partial charge in [-0.05, 0) is 43.7 Å². The molecule has 0 N–H and O–H groups in total. The largest absolute Gasteiger partial charge is 0.309 e. The van der Waals surface area contributed by atoms with E-state index < -0.39 is 33.7 Å². The van der Waals surface area contributed by atoms with E-state index in [-0.39, 0.29) is 9.79 Å². The van der Waals surface area contributed by atoms with Gasteiger partial charge in [0.15, 0.2) is 7.14 Å². The molecule has 214 valence electrons. The van der Waals surface area contributed by atoms with Crippen LogP contribution in [0.25, 0.3) is 0 Å². The fraction of sp³-hybridized carbons (Fsp3) is 0.0909. The first-order chi connectivity index (χ1) is 20.0. The summed E-state index contributed by atoms with van der Waals surface area (Å²) in [6, 6.07) is 36.7. The lowest BCUT2D eigenvalue weighted by Gasteiger charge is -2.26. The summed E-state index contributed by atoms with van der Waals surface area (Å²) in [5.41, 5.74) is 1.98. The van der Waals surface area contributed by atoms with Crippen molar-refractivity contribution in [2.45, 2.75) is 30.2 Å². The monoisotopic (exact) mass is 615 g/mol. The lowest BCUT2D eigenvalue weighted by atomic mass is 10.2. The second-order valence-electron chi connectivity index (χ2n) is 9.98. The quantitative estimate of drug-likeness (QED) is 0.204. The van der Waals surface area contributed by atoms with Crippen LogP contribution in [0.4, 0.5) is 0 Å². The molecule has 0 aliphatic heterocycles. The Kier molecular flexibility index (Phi) is 8.35. The number of sulfonamides is 2. The number of rotatable bonds is 9. The van der Waals surface area contributed by atoms with Crippen LogP contribution in [0, 0.1) is 13.8 Å². The molecule has 0 amide bonds. The van der Waals surface area contributed by atoms with E-state index in [1.165, 1.54) is 24.3 Å². The zero-order chi connectivity index (χ0) is 30.0. The number of benzene rings is 5. The van der Waals surface area contributed by atoms with E-state index in [0.29, 0.717) is 25.2 Å². The standard InChI is InChI=1S/C33H30NO5PS2/c1-26-17-21-31(22-18-26)41(36,37)34(42(38,39)32-23-19-27(2)20-24-32)25-28-11-9-10-16-33(28)40(35,29-12-5-3-6-13-29)30-14-7-4-8-15-30/h3-24H,25H2,1-2H3. The van der Waals surface area contributed by atoms with E-state index in [9.17, 15) is 16.8 Å². The van der Waals surface area contributed by atoms with E-state index >= 15 is 4.57 Å². The molecule has 9 heteroatoms. The van der Waals surface area contributed by atoms with Crippen molar-refractivity contribution < 1.29 is 21.4 Å². The van der Waals surface area contributed by atoms with Crippen molar-refractivity contribution >= 4 is 43.1 Å². The molecule has 0 radical (unpaired) electrons. The molecule has 0 aromatic heterocycles. The Bertz CT molecular complexity index is 1840. The van der Waals surface area contributed by atoms with E-state index in [1.807, 2.05) is 26.0 Å². The van der Waals surface area contributed by atoms with Crippen LogP contribution in [0.3, 0.4) is 0 Å². The molecule has 42 heavy (non-hydrogen) atoms. The van der Waals surface area contributed by atoms with Crippen LogP contribution in [-0.4, -0.2) is 20.5 Å². The topological polar surface area (TPSA) is 88.6 Å². The summed E-state index contributed by atoms with van der Waals surface area (Å²) in [6.07, 6.45) is 0. The van der Waals surface area contributed by atoms with E-state index in [4.69, 9.17) is 0 Å². The van der Waals surface area contributed by atoms with Crippen LogP contribution in [0.15, 0.2) is 143 Å². The summed E-state index contributed by atoms with van der Waals surface area (Å²) in [6.45, 7) is 3.09. The minimum Gasteiger partial charge on any atom is -0.309 e. The molecular weight excluding hydrogens is 585 g/mol. The van der Waals surface area contributed by atoms with Gasteiger partial charge < -0.3 is 4.57 Å². The molecule has 0 bridgehead atoms. The Balaban J connectivity index is 1.73. The van der Waals surface area contributed by atoms with Crippen molar-refractivity contribution in [1.29, 1.82) is 0 Å². The van der Waals surface area contributed by atoms with Gasteiger partial charge in [0.1, 0.15) is 0 Å². The first kappa shape index (κ1) is 29.7. The Labute approximate surface area is 247 Å². The van der Waals surface area contributed by atoms with E-state index in [0.717, 1.165) is 11.1 Å². The molecule has 0 saturated heterocycles. The molecule has 5 rings (SSSR count). The number of hydrogen-bond acceptors (Lipinski definition) is 5. The average Bonchev–Trinajstić information content (AvgIpc) is 3.01. The highest BCUT2D eigenvalue weighted by Gasteiger charge is 2.39. The number of nitrogens with zero attached hydrogens (tertiary/aromatic N) is 1. The Hall–Kier alpha value is -3.81. The van der Waals surface area contributed by atoms with Gasteiger partial charge in [-0.2, -0.15) is 0 Å². The smallest absolute Gasteiger partial charge is 0.256 e. The highest BCUT2D eigenvalue weighted by atomic mass is 32.3. The zero-order valence-corrected chi connectivity index (χ0v) is 25.7. The fourth-order valence-electron chi connectivity index (χ4n) is 4.75. The first-order valence-electron chi connectivity index (χ1n) is 13.3. The Morgan fingerprint density at radius 3 is 1.33 bits per heavy atom. The molecule has 0 saturated carbocycles. The molecule has 0 unspecified atom stereocenters. The third-order valence-corrected chi connectivity index (χ3v) is 14.5. The fourth-order valence-corrected chi connectivity index (χ4v) is 11.2. The molecule has 5 aromatic carbocycles. The van der Waals surface area contributed by atoms with Crippen LogP contribution in [-0.2, 0) is 31.2 Å². The van der Waals surface area contributed by atoms with Gasteiger partial charge >= 0.3 is 0 Å². The Morgan fingerprint density at radius 2 is 0.905 bits per heavy atom. The van der Waals surface area contributed by atoms with Gasteiger partial charge in [-0.15, -0.1) is 0 Å². The molecule has 0 fully saturated rings. The molecule has 0 atom stereocenters. The van der Waals surface area contributed by atoms with Gasteiger partial charge in [0.05, 0.1) is 16.3 Å². The van der Waals surface area contributed by atoms with Crippen molar-refractivity contribution in [3.63, 3.8) is 0 Å². The lowest BCUT2D eigenvalue weighted by molar-refractivity contribution is 0.495. The van der Waals surface area contributed by atoms with Gasteiger partial charge in [0.2, 0.25) is 0 Å². The van der Waals surface area contributed by atoms with Crippen LogP contribution in [0.2, 0.25) is 0 Å². The summed E-state index contributed by atoms with van der Waals surface area (Å²) in [4.78, 5) is -0.314. The Morgan fingerprint density at radius 1 is 0.524 bits per heavy atom. The maximum absolute atomic E-state index is 15.2. The zero-order valence-electron chi connectivity index (χ0n) is 23.2. The van der Waals surface area contributed by atoms with Crippen molar-refractivity contribution in [3.8, 4) is 0 Å². The highest BCUT2D eigenvalue weighted by molar-refractivity contribution is 8.04. The third kappa shape index (κ3) is 5.63. The summed E-state index contributed by atoms with van der Waals surface area (Å²) in [5.74, 6) is 0. The van der Waals surface area contributed by atoms with Crippen molar-refractivity contribution in [2.24, 2.45) is 0 Å². The molecule has 6 nitrogen and oxygen atoms in total. The molecule has 0 heterocycles. The predicted molar refractivity (Wildman–Crippen MR) is 168 cm³/mol. The number of hydrogen-bond donors (Lipinski definition) is 0. The maximum atomic E-state index is 15.2. The predicted octanol–water partition coefficient (Wildman–Crippen LogP) is 5.52. The van der Waals surface area contributed by atoms with Gasteiger partial charge in [-0.1, -0.05) is 124 Å². The first-order valence-corrected chi connectivity index (χ1v) is 17.8. The summed E-state index contributed by atoms with van der Waals surface area (Å²) < 4.78 is 72.2. The second kappa shape index (κ2) is 11.8. The minimum atomic E-state index is -4.57. The van der Waals surface area contributed by atoms with Crippen molar-refractivity contribution in [3.05, 3.63) is 150 Å². The van der Waals surface area contributed by atoms with E-state index in [2.05, 4.69) is 0 Å². The molecule has 0 aliphatic rings. The molecule has 5 aromatic rings. The highest BCUT2D eigenvalue weighted by Crippen LogP contribution is 2.44. The van der Waals surface area contributed by atoms with Crippen LogP contribution in [0.1, 0.15) is 16.7 Å². The average molecular weight is 616 g/mol. The van der Waals surface area contributed by atoms with Crippen LogP contribution < -0.4 is 15.9 Å². The molecule has 0 aliphatic carbocycles. The SMILES string of the molecule is Cc1ccc(S(=O)(=O)N(Cc2ccccc2P(=O)(c2ccccc2)c2ccccc2)S(=O)(=O)c2ccc(C)cc2)cc1. The summed E-state index contributed by atoms with van der Waals surface area (Å²) in [7, 11) is -12.7.